The van der Waals surface area contributed by atoms with Gasteiger partial charge in [0, 0.05) is 36.6 Å². The number of ketones is 1. The van der Waals surface area contributed by atoms with Gasteiger partial charge in [0.2, 0.25) is 0 Å². The molecule has 0 saturated carbocycles. The van der Waals surface area contributed by atoms with Crippen LogP contribution in [-0.4, -0.2) is 54.0 Å². The Morgan fingerprint density at radius 3 is 2.27 bits per heavy atom. The quantitative estimate of drug-likeness (QED) is 0.209. The van der Waals surface area contributed by atoms with E-state index in [2.05, 4.69) is 35.6 Å². The summed E-state index contributed by atoms with van der Waals surface area (Å²) in [4.78, 5) is 39.8. The highest BCUT2D eigenvalue weighted by atomic mass is 16.6. The third kappa shape index (κ3) is 8.11. The van der Waals surface area contributed by atoms with Crippen molar-refractivity contribution in [2.45, 2.75) is 57.8 Å². The van der Waals surface area contributed by atoms with Crippen molar-refractivity contribution in [2.24, 2.45) is 0 Å². The average molecular weight is 593 g/mol. The molecule has 2 unspecified atom stereocenters. The van der Waals surface area contributed by atoms with Gasteiger partial charge in [-0.3, -0.25) is 9.59 Å². The molecule has 228 valence electrons. The normalized spacial score (nSPS) is 16.8. The lowest BCUT2D eigenvalue weighted by atomic mass is 9.86. The predicted molar refractivity (Wildman–Crippen MR) is 172 cm³/mol. The summed E-state index contributed by atoms with van der Waals surface area (Å²) in [5.41, 5.74) is 2.70. The van der Waals surface area contributed by atoms with Crippen molar-refractivity contribution in [2.75, 3.05) is 19.6 Å². The SMILES string of the molecule is CC(C)(C)OC(=O)N1CCC(c2ccc(C(=O)NCCC(=O)c3ccccc3)cc2)C(OCc2ccc3ccccc3c2)C1. The first-order valence-corrected chi connectivity index (χ1v) is 15.2. The fraction of sp³-hybridized carbons (Fsp3) is 0.324. The molecular formula is C37H40N2O5. The molecule has 2 atom stereocenters. The van der Waals surface area contributed by atoms with Crippen LogP contribution in [0.5, 0.6) is 0 Å². The Balaban J connectivity index is 1.24. The van der Waals surface area contributed by atoms with E-state index in [9.17, 15) is 14.4 Å². The minimum absolute atomic E-state index is 0.00583. The zero-order chi connectivity index (χ0) is 31.1. The van der Waals surface area contributed by atoms with Gasteiger partial charge in [-0.15, -0.1) is 0 Å². The lowest BCUT2D eigenvalue weighted by Crippen LogP contribution is -2.48. The number of nitrogens with one attached hydrogen (secondary N) is 1. The molecule has 1 aliphatic heterocycles. The molecule has 0 aliphatic carbocycles. The summed E-state index contributed by atoms with van der Waals surface area (Å²) in [5.74, 6) is -0.190. The second-order valence-electron chi connectivity index (χ2n) is 12.3. The number of carbonyl (C=O) groups excluding carboxylic acids is 3. The molecule has 1 saturated heterocycles. The van der Waals surface area contributed by atoms with Gasteiger partial charge in [0.25, 0.3) is 5.91 Å². The highest BCUT2D eigenvalue weighted by Crippen LogP contribution is 2.32. The van der Waals surface area contributed by atoms with Crippen molar-refractivity contribution in [3.8, 4) is 0 Å². The Bertz CT molecular complexity index is 1590. The van der Waals surface area contributed by atoms with Gasteiger partial charge in [-0.25, -0.2) is 4.79 Å². The predicted octanol–water partition coefficient (Wildman–Crippen LogP) is 7.15. The third-order valence-electron chi connectivity index (χ3n) is 7.82. The smallest absolute Gasteiger partial charge is 0.410 e. The largest absolute Gasteiger partial charge is 0.444 e. The van der Waals surface area contributed by atoms with Crippen LogP contribution in [0.15, 0.2) is 97.1 Å². The molecule has 1 heterocycles. The fourth-order valence-electron chi connectivity index (χ4n) is 5.53. The number of fused-ring (bicyclic) bond motifs is 1. The lowest BCUT2D eigenvalue weighted by molar-refractivity contribution is -0.0359. The Kier molecular flexibility index (Phi) is 9.75. The molecule has 0 aromatic heterocycles. The molecule has 0 spiro atoms. The van der Waals surface area contributed by atoms with Gasteiger partial charge < -0.3 is 19.7 Å². The van der Waals surface area contributed by atoms with E-state index in [1.807, 2.05) is 75.4 Å². The van der Waals surface area contributed by atoms with Gasteiger partial charge >= 0.3 is 6.09 Å². The molecule has 5 rings (SSSR count). The standard InChI is InChI=1S/C37H40N2O5/c1-37(2,3)44-36(42)39-22-20-32(34(24-39)43-25-26-13-14-27-9-7-8-12-31(27)23-26)28-15-17-30(18-16-28)35(41)38-21-19-33(40)29-10-5-4-6-11-29/h4-18,23,32,34H,19-22,24-25H2,1-3H3,(H,38,41). The van der Waals surface area contributed by atoms with Gasteiger partial charge in [-0.1, -0.05) is 78.9 Å². The van der Waals surface area contributed by atoms with Gasteiger partial charge in [0.15, 0.2) is 5.78 Å². The van der Waals surface area contributed by atoms with Crippen LogP contribution in [0.25, 0.3) is 10.8 Å². The van der Waals surface area contributed by atoms with Crippen LogP contribution in [0, 0.1) is 0 Å². The lowest BCUT2D eigenvalue weighted by Gasteiger charge is -2.39. The minimum atomic E-state index is -0.583. The monoisotopic (exact) mass is 592 g/mol. The zero-order valence-corrected chi connectivity index (χ0v) is 25.6. The van der Waals surface area contributed by atoms with Crippen LogP contribution < -0.4 is 5.32 Å². The van der Waals surface area contributed by atoms with E-state index < -0.39 is 5.60 Å². The van der Waals surface area contributed by atoms with E-state index in [0.717, 1.165) is 16.5 Å². The fourth-order valence-corrected chi connectivity index (χ4v) is 5.53. The summed E-state index contributed by atoms with van der Waals surface area (Å²) in [6, 6.07) is 31.2. The number of ether oxygens (including phenoxy) is 2. The number of rotatable bonds is 9. The van der Waals surface area contributed by atoms with Crippen LogP contribution in [0.1, 0.15) is 71.4 Å². The second kappa shape index (κ2) is 13.9. The summed E-state index contributed by atoms with van der Waals surface area (Å²) >= 11 is 0. The van der Waals surface area contributed by atoms with Gasteiger partial charge in [0.05, 0.1) is 19.3 Å². The third-order valence-corrected chi connectivity index (χ3v) is 7.82. The number of nitrogens with zero attached hydrogens (tertiary/aromatic N) is 1. The Morgan fingerprint density at radius 1 is 0.841 bits per heavy atom. The summed E-state index contributed by atoms with van der Waals surface area (Å²) < 4.78 is 12.2. The number of likely N-dealkylation sites (tertiary alicyclic amines) is 1. The number of piperidine rings is 1. The number of carbonyl (C=O) groups is 3. The van der Waals surface area contributed by atoms with Crippen LogP contribution >= 0.6 is 0 Å². The maximum atomic E-state index is 12.9. The maximum absolute atomic E-state index is 12.9. The molecule has 7 heteroatoms. The van der Waals surface area contributed by atoms with Crippen LogP contribution in [0.2, 0.25) is 0 Å². The van der Waals surface area contributed by atoms with E-state index >= 15 is 0 Å². The van der Waals surface area contributed by atoms with Crippen molar-refractivity contribution in [1.29, 1.82) is 0 Å². The molecule has 7 nitrogen and oxygen atoms in total. The van der Waals surface area contributed by atoms with Gasteiger partial charge in [-0.2, -0.15) is 0 Å². The zero-order valence-electron chi connectivity index (χ0n) is 25.6. The van der Waals surface area contributed by atoms with Crippen molar-refractivity contribution in [3.63, 3.8) is 0 Å². The molecule has 44 heavy (non-hydrogen) atoms. The Morgan fingerprint density at radius 2 is 1.55 bits per heavy atom. The summed E-state index contributed by atoms with van der Waals surface area (Å²) in [7, 11) is 0. The summed E-state index contributed by atoms with van der Waals surface area (Å²) in [6.07, 6.45) is 0.342. The molecule has 1 fully saturated rings. The minimum Gasteiger partial charge on any atom is -0.444 e. The summed E-state index contributed by atoms with van der Waals surface area (Å²) in [5, 5.41) is 5.18. The van der Waals surface area contributed by atoms with E-state index in [-0.39, 0.29) is 42.8 Å². The van der Waals surface area contributed by atoms with Crippen molar-refractivity contribution >= 4 is 28.6 Å². The highest BCUT2D eigenvalue weighted by molar-refractivity contribution is 5.97. The number of Topliss-reactive ketones (excluding diaryl/α,β-unsaturated/α-hetero) is 1. The number of amides is 2. The van der Waals surface area contributed by atoms with Crippen LogP contribution in [0.3, 0.4) is 0 Å². The molecule has 2 amide bonds. The van der Waals surface area contributed by atoms with E-state index in [1.54, 1.807) is 17.0 Å². The number of benzene rings is 4. The van der Waals surface area contributed by atoms with Crippen molar-refractivity contribution in [3.05, 3.63) is 119 Å². The highest BCUT2D eigenvalue weighted by Gasteiger charge is 2.35. The Labute approximate surface area is 259 Å². The molecule has 4 aromatic carbocycles. The second-order valence-corrected chi connectivity index (χ2v) is 12.3. The first-order chi connectivity index (χ1) is 21.2. The van der Waals surface area contributed by atoms with Gasteiger partial charge in [0.1, 0.15) is 5.60 Å². The topological polar surface area (TPSA) is 84.9 Å². The molecule has 1 N–H and O–H groups in total. The Hall–Kier alpha value is -4.49. The number of hydrogen-bond donors (Lipinski definition) is 1. The summed E-state index contributed by atoms with van der Waals surface area (Å²) in [6.45, 7) is 7.23. The molecule has 4 aromatic rings. The number of hydrogen-bond acceptors (Lipinski definition) is 5. The van der Waals surface area contributed by atoms with Crippen LogP contribution in [0.4, 0.5) is 4.79 Å². The van der Waals surface area contributed by atoms with E-state index in [1.165, 1.54) is 5.39 Å². The van der Waals surface area contributed by atoms with Gasteiger partial charge in [-0.05, 0) is 67.3 Å². The van der Waals surface area contributed by atoms with Crippen LogP contribution in [-0.2, 0) is 16.1 Å². The maximum Gasteiger partial charge on any atom is 0.410 e. The first-order valence-electron chi connectivity index (χ1n) is 15.2. The molecular weight excluding hydrogens is 552 g/mol. The average Bonchev–Trinajstić information content (AvgIpc) is 3.03. The van der Waals surface area contributed by atoms with E-state index in [0.29, 0.717) is 37.2 Å². The first kappa shape index (κ1) is 31.0. The molecule has 0 radical (unpaired) electrons. The molecule has 0 bridgehead atoms. The van der Waals surface area contributed by atoms with Crippen molar-refractivity contribution in [1.82, 2.24) is 10.2 Å². The van der Waals surface area contributed by atoms with E-state index in [4.69, 9.17) is 9.47 Å². The van der Waals surface area contributed by atoms with Crippen molar-refractivity contribution < 1.29 is 23.9 Å². The molecule has 1 aliphatic rings.